The van der Waals surface area contributed by atoms with Crippen molar-refractivity contribution in [1.82, 2.24) is 0 Å². The molecule has 3 N–H and O–H groups in total. The van der Waals surface area contributed by atoms with Crippen molar-refractivity contribution in [3.05, 3.63) is 24.3 Å². The van der Waals surface area contributed by atoms with Crippen LogP contribution in [0.4, 0.5) is 0 Å². The van der Waals surface area contributed by atoms with Crippen molar-refractivity contribution >= 4 is 13.8 Å². The minimum atomic E-state index is -4.28. The Labute approximate surface area is 346 Å². The summed E-state index contributed by atoms with van der Waals surface area (Å²) in [5.41, 5.74) is 5.37. The SMILES string of the molecule is CCC/C=C\C/C=C\CCCCCCCC(=O)OC(COCCCCCCCCCCCCCCCCCCCCCCCCCC)COP(=O)(O)OCCN. The molecule has 0 rings (SSSR count). The molecule has 0 bridgehead atoms. The first-order valence-corrected chi connectivity index (χ1v) is 25.3. The third-order valence-electron chi connectivity index (χ3n) is 10.4. The Morgan fingerprint density at radius 2 is 0.982 bits per heavy atom. The fourth-order valence-corrected chi connectivity index (χ4v) is 7.63. The predicted octanol–water partition coefficient (Wildman–Crippen LogP) is 14.4. The number of nitrogens with two attached hydrogens (primary N) is 1. The summed E-state index contributed by atoms with van der Waals surface area (Å²) in [6, 6.07) is 0. The molecule has 0 radical (unpaired) electrons. The van der Waals surface area contributed by atoms with Gasteiger partial charge in [-0.1, -0.05) is 212 Å². The number of unbranched alkanes of at least 4 members (excludes halogenated alkanes) is 29. The molecule has 0 aromatic rings. The van der Waals surface area contributed by atoms with Crippen molar-refractivity contribution in [2.45, 2.75) is 238 Å². The molecular formula is C47H92NO7P. The van der Waals surface area contributed by atoms with Crippen LogP contribution in [0.3, 0.4) is 0 Å². The molecule has 0 saturated carbocycles. The van der Waals surface area contributed by atoms with Gasteiger partial charge in [0.2, 0.25) is 0 Å². The summed E-state index contributed by atoms with van der Waals surface area (Å²) >= 11 is 0. The van der Waals surface area contributed by atoms with Gasteiger partial charge in [0.15, 0.2) is 0 Å². The Morgan fingerprint density at radius 3 is 1.46 bits per heavy atom. The molecule has 0 spiro atoms. The Morgan fingerprint density at radius 1 is 0.536 bits per heavy atom. The van der Waals surface area contributed by atoms with Crippen LogP contribution in [0.1, 0.15) is 232 Å². The van der Waals surface area contributed by atoms with Gasteiger partial charge in [-0.25, -0.2) is 4.57 Å². The third-order valence-corrected chi connectivity index (χ3v) is 11.3. The highest BCUT2D eigenvalue weighted by Crippen LogP contribution is 2.43. The van der Waals surface area contributed by atoms with E-state index in [0.29, 0.717) is 13.0 Å². The number of carbonyl (C=O) groups excluding carboxylic acids is 1. The molecule has 0 aliphatic rings. The molecule has 0 fully saturated rings. The van der Waals surface area contributed by atoms with Gasteiger partial charge in [0.1, 0.15) is 6.10 Å². The number of allylic oxidation sites excluding steroid dienone is 4. The van der Waals surface area contributed by atoms with Crippen molar-refractivity contribution in [2.24, 2.45) is 5.73 Å². The van der Waals surface area contributed by atoms with Gasteiger partial charge in [0.05, 0.1) is 19.8 Å². The Hall–Kier alpha value is -1.02. The highest BCUT2D eigenvalue weighted by atomic mass is 31.2. The smallest absolute Gasteiger partial charge is 0.457 e. The highest BCUT2D eigenvalue weighted by molar-refractivity contribution is 7.47. The van der Waals surface area contributed by atoms with Crippen LogP contribution in [-0.2, 0) is 27.9 Å². The summed E-state index contributed by atoms with van der Waals surface area (Å²) in [4.78, 5) is 22.5. The van der Waals surface area contributed by atoms with E-state index in [2.05, 4.69) is 38.2 Å². The molecule has 0 amide bonds. The van der Waals surface area contributed by atoms with Gasteiger partial charge < -0.3 is 20.1 Å². The molecule has 0 aliphatic heterocycles. The molecule has 2 unspecified atom stereocenters. The molecule has 9 heteroatoms. The van der Waals surface area contributed by atoms with Crippen molar-refractivity contribution in [3.63, 3.8) is 0 Å². The lowest BCUT2D eigenvalue weighted by atomic mass is 10.0. The molecule has 0 heterocycles. The summed E-state index contributed by atoms with van der Waals surface area (Å²) < 4.78 is 33.5. The van der Waals surface area contributed by atoms with Gasteiger partial charge in [-0.2, -0.15) is 0 Å². The topological polar surface area (TPSA) is 117 Å². The van der Waals surface area contributed by atoms with Crippen LogP contribution in [0.15, 0.2) is 24.3 Å². The monoisotopic (exact) mass is 814 g/mol. The first-order chi connectivity index (χ1) is 27.4. The first kappa shape index (κ1) is 55.0. The Kier molecular flexibility index (Phi) is 44.3. The normalized spacial score (nSPS) is 13.6. The van der Waals surface area contributed by atoms with E-state index >= 15 is 0 Å². The average molecular weight is 814 g/mol. The molecule has 332 valence electrons. The molecule has 0 aliphatic carbocycles. The van der Waals surface area contributed by atoms with Crippen LogP contribution in [0, 0.1) is 0 Å². The second-order valence-corrected chi connectivity index (χ2v) is 17.4. The van der Waals surface area contributed by atoms with E-state index in [0.717, 1.165) is 64.2 Å². The maximum absolute atomic E-state index is 12.6. The minimum absolute atomic E-state index is 0.0963. The number of phosphoric acid groups is 1. The van der Waals surface area contributed by atoms with Crippen LogP contribution in [0.25, 0.3) is 0 Å². The zero-order chi connectivity index (χ0) is 40.9. The van der Waals surface area contributed by atoms with Crippen LogP contribution >= 0.6 is 7.82 Å². The number of phosphoric ester groups is 1. The molecule has 8 nitrogen and oxygen atoms in total. The zero-order valence-electron chi connectivity index (χ0n) is 36.9. The summed E-state index contributed by atoms with van der Waals surface area (Å²) in [6.07, 6.45) is 50.7. The summed E-state index contributed by atoms with van der Waals surface area (Å²) in [5, 5.41) is 0. The van der Waals surface area contributed by atoms with Crippen molar-refractivity contribution < 1.29 is 32.8 Å². The van der Waals surface area contributed by atoms with E-state index in [1.165, 1.54) is 148 Å². The van der Waals surface area contributed by atoms with Gasteiger partial charge in [0, 0.05) is 19.6 Å². The number of carbonyl (C=O) groups is 1. The van der Waals surface area contributed by atoms with E-state index in [1.807, 2.05) is 0 Å². The van der Waals surface area contributed by atoms with Crippen LogP contribution < -0.4 is 5.73 Å². The number of rotatable bonds is 46. The maximum Gasteiger partial charge on any atom is 0.472 e. The van der Waals surface area contributed by atoms with Crippen LogP contribution in [0.2, 0.25) is 0 Å². The molecule has 2 atom stereocenters. The zero-order valence-corrected chi connectivity index (χ0v) is 37.8. The van der Waals surface area contributed by atoms with Gasteiger partial charge in [-0.05, 0) is 38.5 Å². The molecule has 56 heavy (non-hydrogen) atoms. The quantitative estimate of drug-likeness (QED) is 0.0270. The molecule has 0 aromatic heterocycles. The van der Waals surface area contributed by atoms with Crippen molar-refractivity contribution in [1.29, 1.82) is 0 Å². The third kappa shape index (κ3) is 44.1. The molecular weight excluding hydrogens is 721 g/mol. The summed E-state index contributed by atoms with van der Waals surface area (Å²) in [7, 11) is -4.28. The molecule has 0 aromatic carbocycles. The predicted molar refractivity (Wildman–Crippen MR) is 238 cm³/mol. The van der Waals surface area contributed by atoms with E-state index < -0.39 is 13.9 Å². The van der Waals surface area contributed by atoms with E-state index in [9.17, 15) is 14.3 Å². The van der Waals surface area contributed by atoms with E-state index in [4.69, 9.17) is 24.3 Å². The highest BCUT2D eigenvalue weighted by Gasteiger charge is 2.25. The van der Waals surface area contributed by atoms with Gasteiger partial charge >= 0.3 is 13.8 Å². The van der Waals surface area contributed by atoms with Crippen LogP contribution in [-0.4, -0.2) is 49.9 Å². The van der Waals surface area contributed by atoms with E-state index in [-0.39, 0.29) is 32.3 Å². The van der Waals surface area contributed by atoms with Gasteiger partial charge in [0.25, 0.3) is 0 Å². The van der Waals surface area contributed by atoms with E-state index in [1.54, 1.807) is 0 Å². The first-order valence-electron chi connectivity index (χ1n) is 23.8. The minimum Gasteiger partial charge on any atom is -0.457 e. The number of ether oxygens (including phenoxy) is 2. The summed E-state index contributed by atoms with van der Waals surface area (Å²) in [5.74, 6) is -0.341. The molecule has 0 saturated heterocycles. The lowest BCUT2D eigenvalue weighted by Crippen LogP contribution is -2.28. The lowest BCUT2D eigenvalue weighted by Gasteiger charge is -2.20. The standard InChI is InChI=1S/C47H92NO7P/c1-3-5-7-9-11-13-15-17-18-19-20-21-22-23-24-25-26-27-29-31-33-35-37-39-42-52-44-46(45-54-56(50,51)53-43-41-48)55-47(49)40-38-36-34-32-30-28-16-14-12-10-8-6-4-2/h8,10,14,16,46H,3-7,9,11-13,15,17-45,48H2,1-2H3,(H,50,51)/b10-8-,16-14-. The fraction of sp³-hybridized carbons (Fsp3) is 0.894. The Bertz CT molecular complexity index is 915. The number of hydrogen-bond acceptors (Lipinski definition) is 7. The van der Waals surface area contributed by atoms with Crippen LogP contribution in [0.5, 0.6) is 0 Å². The fourth-order valence-electron chi connectivity index (χ4n) is 6.86. The van der Waals surface area contributed by atoms with Crippen molar-refractivity contribution in [2.75, 3.05) is 33.0 Å². The van der Waals surface area contributed by atoms with Gasteiger partial charge in [-0.3, -0.25) is 13.8 Å². The number of hydrogen-bond donors (Lipinski definition) is 2. The second kappa shape index (κ2) is 45.1. The second-order valence-electron chi connectivity index (χ2n) is 16.0. The largest absolute Gasteiger partial charge is 0.472 e. The van der Waals surface area contributed by atoms with Crippen molar-refractivity contribution in [3.8, 4) is 0 Å². The lowest BCUT2D eigenvalue weighted by molar-refractivity contribution is -0.154. The maximum atomic E-state index is 12.6. The Balaban J connectivity index is 3.87. The number of esters is 1. The van der Waals surface area contributed by atoms with Gasteiger partial charge in [-0.15, -0.1) is 0 Å². The average Bonchev–Trinajstić information content (AvgIpc) is 3.19. The summed E-state index contributed by atoms with van der Waals surface area (Å²) in [6.45, 7) is 4.88.